The summed E-state index contributed by atoms with van der Waals surface area (Å²) >= 11 is 1.56. The number of hydrogen-bond acceptors (Lipinski definition) is 5. The number of carbonyl (C=O) groups is 2. The number of carbonyl (C=O) groups excluding carboxylic acids is 2. The summed E-state index contributed by atoms with van der Waals surface area (Å²) < 4.78 is 4.73. The lowest BCUT2D eigenvalue weighted by molar-refractivity contribution is 0.0600. The summed E-state index contributed by atoms with van der Waals surface area (Å²) in [5.74, 6) is 0.0708. The third kappa shape index (κ3) is 5.82. The average molecular weight is 463 g/mol. The van der Waals surface area contributed by atoms with E-state index in [9.17, 15) is 9.59 Å². The molecule has 6 heteroatoms. The zero-order valence-electron chi connectivity index (χ0n) is 18.9. The molecule has 0 aliphatic heterocycles. The number of nitrogen functional groups attached to an aromatic ring is 1. The van der Waals surface area contributed by atoms with Crippen molar-refractivity contribution in [3.05, 3.63) is 81.7 Å². The Morgan fingerprint density at radius 1 is 0.970 bits per heavy atom. The third-order valence-electron chi connectivity index (χ3n) is 6.32. The second-order valence-corrected chi connectivity index (χ2v) is 9.72. The number of hydrogen-bond donors (Lipinski definition) is 2. The second kappa shape index (κ2) is 10.7. The Bertz CT molecular complexity index is 1100. The van der Waals surface area contributed by atoms with Gasteiger partial charge in [-0.25, -0.2) is 4.79 Å². The molecule has 0 spiro atoms. The minimum Gasteiger partial charge on any atom is -0.465 e. The molecular formula is C27H30N2O3S. The van der Waals surface area contributed by atoms with E-state index in [4.69, 9.17) is 10.5 Å². The minimum absolute atomic E-state index is 0.149. The molecule has 0 atom stereocenters. The molecule has 1 fully saturated rings. The van der Waals surface area contributed by atoms with Crippen LogP contribution in [0.2, 0.25) is 0 Å². The predicted molar refractivity (Wildman–Crippen MR) is 134 cm³/mol. The van der Waals surface area contributed by atoms with Gasteiger partial charge >= 0.3 is 5.97 Å². The lowest BCUT2D eigenvalue weighted by Gasteiger charge is -2.19. The van der Waals surface area contributed by atoms with E-state index in [1.54, 1.807) is 23.5 Å². The molecule has 5 nitrogen and oxygen atoms in total. The van der Waals surface area contributed by atoms with E-state index in [-0.39, 0.29) is 11.9 Å². The summed E-state index contributed by atoms with van der Waals surface area (Å²) in [4.78, 5) is 25.6. The van der Waals surface area contributed by atoms with Crippen LogP contribution in [0, 0.1) is 0 Å². The number of esters is 1. The molecule has 3 N–H and O–H groups in total. The molecule has 33 heavy (non-hydrogen) atoms. The minimum atomic E-state index is -0.325. The van der Waals surface area contributed by atoms with E-state index in [2.05, 4.69) is 5.32 Å². The van der Waals surface area contributed by atoms with Gasteiger partial charge in [-0.3, -0.25) is 4.79 Å². The van der Waals surface area contributed by atoms with Crippen LogP contribution >= 0.6 is 11.3 Å². The Balaban J connectivity index is 1.32. The number of methoxy groups -OCH3 is 1. The Morgan fingerprint density at radius 3 is 2.18 bits per heavy atom. The number of rotatable bonds is 7. The Morgan fingerprint density at radius 2 is 1.58 bits per heavy atom. The predicted octanol–water partition coefficient (Wildman–Crippen LogP) is 6.20. The van der Waals surface area contributed by atoms with Crippen molar-refractivity contribution in [1.82, 2.24) is 0 Å². The zero-order chi connectivity index (χ0) is 23.2. The van der Waals surface area contributed by atoms with Crippen LogP contribution in [0.15, 0.2) is 54.6 Å². The van der Waals surface area contributed by atoms with Crippen molar-refractivity contribution < 1.29 is 14.3 Å². The number of nitrogens with one attached hydrogen (secondary N) is 1. The van der Waals surface area contributed by atoms with Crippen molar-refractivity contribution in [2.24, 2.45) is 0 Å². The van der Waals surface area contributed by atoms with Gasteiger partial charge in [0.2, 0.25) is 0 Å². The van der Waals surface area contributed by atoms with Crippen molar-refractivity contribution >= 4 is 33.9 Å². The fourth-order valence-corrected chi connectivity index (χ4v) is 5.45. The summed E-state index contributed by atoms with van der Waals surface area (Å²) in [5.41, 5.74) is 10.4. The van der Waals surface area contributed by atoms with Crippen LogP contribution < -0.4 is 11.1 Å². The first-order chi connectivity index (χ1) is 16.0. The van der Waals surface area contributed by atoms with Gasteiger partial charge in [-0.1, -0.05) is 43.5 Å². The Labute approximate surface area is 199 Å². The highest BCUT2D eigenvalue weighted by Crippen LogP contribution is 2.39. The molecule has 1 aliphatic rings. The van der Waals surface area contributed by atoms with Gasteiger partial charge in [0.05, 0.1) is 23.2 Å². The molecule has 1 aromatic heterocycles. The first kappa shape index (κ1) is 23.1. The van der Waals surface area contributed by atoms with E-state index >= 15 is 0 Å². The van der Waals surface area contributed by atoms with Gasteiger partial charge < -0.3 is 15.8 Å². The van der Waals surface area contributed by atoms with Gasteiger partial charge in [0, 0.05) is 10.6 Å². The normalized spacial score (nSPS) is 14.1. The summed E-state index contributed by atoms with van der Waals surface area (Å²) in [6, 6.07) is 17.4. The number of amides is 1. The van der Waals surface area contributed by atoms with Crippen LogP contribution in [0.4, 0.5) is 10.7 Å². The monoisotopic (exact) mass is 462 g/mol. The Kier molecular flexibility index (Phi) is 7.45. The molecule has 0 unspecified atom stereocenters. The van der Waals surface area contributed by atoms with E-state index < -0.39 is 0 Å². The molecule has 3 aromatic rings. The van der Waals surface area contributed by atoms with Gasteiger partial charge in [-0.05, 0) is 73.1 Å². The van der Waals surface area contributed by atoms with Crippen LogP contribution in [0.25, 0.3) is 0 Å². The van der Waals surface area contributed by atoms with Crippen molar-refractivity contribution in [2.45, 2.75) is 50.9 Å². The molecule has 1 saturated carbocycles. The largest absolute Gasteiger partial charge is 0.465 e. The fraction of sp³-hybridized carbons (Fsp3) is 0.333. The quantitative estimate of drug-likeness (QED) is 0.410. The molecule has 1 amide bonds. The Hall–Kier alpha value is -3.12. The topological polar surface area (TPSA) is 81.4 Å². The zero-order valence-corrected chi connectivity index (χ0v) is 19.8. The van der Waals surface area contributed by atoms with Gasteiger partial charge in [-0.2, -0.15) is 0 Å². The summed E-state index contributed by atoms with van der Waals surface area (Å²) in [6.45, 7) is 0. The van der Waals surface area contributed by atoms with Gasteiger partial charge in [0.15, 0.2) is 0 Å². The third-order valence-corrected chi connectivity index (χ3v) is 7.45. The molecule has 1 heterocycles. The highest BCUT2D eigenvalue weighted by Gasteiger charge is 2.21. The van der Waals surface area contributed by atoms with E-state index in [1.807, 2.05) is 42.5 Å². The number of ether oxygens (including phenoxy) is 1. The molecule has 2 aromatic carbocycles. The number of benzene rings is 2. The van der Waals surface area contributed by atoms with Crippen LogP contribution in [-0.4, -0.2) is 19.0 Å². The van der Waals surface area contributed by atoms with Crippen molar-refractivity contribution in [1.29, 1.82) is 0 Å². The van der Waals surface area contributed by atoms with Crippen LogP contribution in [0.1, 0.15) is 74.7 Å². The van der Waals surface area contributed by atoms with Crippen molar-refractivity contribution in [3.8, 4) is 0 Å². The van der Waals surface area contributed by atoms with Crippen LogP contribution in [-0.2, 0) is 17.6 Å². The van der Waals surface area contributed by atoms with Crippen LogP contribution in [0.3, 0.4) is 0 Å². The average Bonchev–Trinajstić information content (AvgIpc) is 3.26. The standard InChI is InChI=1S/C27H30N2O3S/c1-32-27(31)21-13-9-18(10-14-21)7-8-19-11-15-22(16-12-19)29-26(30)23-17-24(33-25(23)28)20-5-3-2-4-6-20/h9-17,20H,2-8,28H2,1H3,(H,29,30). The fourth-order valence-electron chi connectivity index (χ4n) is 4.36. The lowest BCUT2D eigenvalue weighted by atomic mass is 9.88. The molecule has 4 rings (SSSR count). The number of aryl methyl sites for hydroxylation is 2. The first-order valence-corrected chi connectivity index (χ1v) is 12.3. The van der Waals surface area contributed by atoms with Crippen LogP contribution in [0.5, 0.6) is 0 Å². The summed E-state index contributed by atoms with van der Waals surface area (Å²) in [7, 11) is 1.38. The van der Waals surface area contributed by atoms with Gasteiger partial charge in [0.25, 0.3) is 5.91 Å². The second-order valence-electron chi connectivity index (χ2n) is 8.60. The lowest BCUT2D eigenvalue weighted by Crippen LogP contribution is -2.12. The maximum atomic E-state index is 12.8. The molecule has 0 saturated heterocycles. The van der Waals surface area contributed by atoms with E-state index in [0.717, 1.165) is 24.1 Å². The molecular weight excluding hydrogens is 432 g/mol. The smallest absolute Gasteiger partial charge is 0.337 e. The maximum Gasteiger partial charge on any atom is 0.337 e. The van der Waals surface area contributed by atoms with Crippen molar-refractivity contribution in [2.75, 3.05) is 18.2 Å². The molecule has 1 aliphatic carbocycles. The maximum absolute atomic E-state index is 12.8. The molecule has 0 bridgehead atoms. The highest BCUT2D eigenvalue weighted by molar-refractivity contribution is 7.16. The van der Waals surface area contributed by atoms with E-state index in [1.165, 1.54) is 49.7 Å². The van der Waals surface area contributed by atoms with E-state index in [0.29, 0.717) is 22.0 Å². The first-order valence-electron chi connectivity index (χ1n) is 11.5. The molecule has 0 radical (unpaired) electrons. The number of nitrogens with two attached hydrogens (primary N) is 1. The number of anilines is 2. The van der Waals surface area contributed by atoms with Gasteiger partial charge in [-0.15, -0.1) is 11.3 Å². The van der Waals surface area contributed by atoms with Crippen molar-refractivity contribution in [3.63, 3.8) is 0 Å². The van der Waals surface area contributed by atoms with Gasteiger partial charge in [0.1, 0.15) is 0 Å². The highest BCUT2D eigenvalue weighted by atomic mass is 32.1. The SMILES string of the molecule is COC(=O)c1ccc(CCc2ccc(NC(=O)c3cc(C4CCCCC4)sc3N)cc2)cc1. The summed E-state index contributed by atoms with van der Waals surface area (Å²) in [5, 5.41) is 3.58. The number of thiophene rings is 1. The summed E-state index contributed by atoms with van der Waals surface area (Å²) in [6.07, 6.45) is 7.94. The molecule has 172 valence electrons.